The minimum absolute atomic E-state index is 0. The van der Waals surface area contributed by atoms with Crippen molar-refractivity contribution in [2.45, 2.75) is 18.7 Å². The molecule has 7 N–H and O–H groups in total. The summed E-state index contributed by atoms with van der Waals surface area (Å²) in [4.78, 5) is 4.00. The van der Waals surface area contributed by atoms with E-state index in [1.807, 2.05) is 30.3 Å². The molecular weight excluding hydrogens is 492 g/mol. The Morgan fingerprint density at radius 3 is 2.11 bits per heavy atom. The molecule has 2 aromatic carbocycles. The molecule has 0 bridgehead atoms. The third-order valence-electron chi connectivity index (χ3n) is 4.53. The number of nitrogens with one attached hydrogen (secondary N) is 1. The lowest BCUT2D eigenvalue weighted by molar-refractivity contribution is 0.430. The van der Waals surface area contributed by atoms with Gasteiger partial charge in [-0.2, -0.15) is 5.11 Å². The van der Waals surface area contributed by atoms with Crippen molar-refractivity contribution in [1.82, 2.24) is 10.1 Å². The summed E-state index contributed by atoms with van der Waals surface area (Å²) in [6.07, 6.45) is 0. The Morgan fingerprint density at radius 1 is 0.886 bits per heavy atom. The van der Waals surface area contributed by atoms with Crippen LogP contribution in [0, 0.1) is 13.8 Å². The number of benzene rings is 2. The monoisotopic (exact) mass is 516 g/mol. The second-order valence-corrected chi connectivity index (χ2v) is 8.76. The molecule has 0 saturated carbocycles. The van der Waals surface area contributed by atoms with E-state index in [-0.39, 0.29) is 29.0 Å². The topological polar surface area (TPSA) is 188 Å². The van der Waals surface area contributed by atoms with Gasteiger partial charge in [-0.25, -0.2) is 18.1 Å². The number of halogens is 1. The molecule has 13 heteroatoms. The highest BCUT2D eigenvalue weighted by atomic mass is 35.5. The first kappa shape index (κ1) is 27.1. The van der Waals surface area contributed by atoms with Crippen molar-refractivity contribution in [1.29, 1.82) is 0 Å². The Balaban J connectivity index is 0.000000241. The normalized spacial score (nSPS) is 10.8. The largest absolute Gasteiger partial charge is 0.399 e. The zero-order valence-electron chi connectivity index (χ0n) is 18.9. The fraction of sp³-hybridized carbons (Fsp3) is 0.0909. The molecule has 0 aliphatic rings. The molecule has 0 amide bonds. The SMILES string of the molecule is Cc1noc(NS(=O)(=O)c2ccc(N)cc2)c1C.Cl.Nc1ccc(N=Nc2ccccc2)c(N)n1. The maximum atomic E-state index is 12.0. The maximum Gasteiger partial charge on any atom is 0.264 e. The van der Waals surface area contributed by atoms with Gasteiger partial charge < -0.3 is 21.7 Å². The van der Waals surface area contributed by atoms with E-state index in [1.165, 1.54) is 24.3 Å². The molecule has 0 aliphatic heterocycles. The van der Waals surface area contributed by atoms with E-state index in [2.05, 4.69) is 25.1 Å². The van der Waals surface area contributed by atoms with E-state index in [4.69, 9.17) is 21.7 Å². The number of aromatic nitrogens is 2. The Bertz CT molecular complexity index is 1390. The number of azo groups is 1. The minimum atomic E-state index is -3.68. The Labute approximate surface area is 208 Å². The zero-order valence-corrected chi connectivity index (χ0v) is 20.5. The summed E-state index contributed by atoms with van der Waals surface area (Å²) >= 11 is 0. The van der Waals surface area contributed by atoms with Crippen molar-refractivity contribution in [3.05, 3.63) is 78.0 Å². The summed E-state index contributed by atoms with van der Waals surface area (Å²) in [6.45, 7) is 3.46. The van der Waals surface area contributed by atoms with E-state index in [0.29, 0.717) is 28.5 Å². The molecule has 2 heterocycles. The Hall–Kier alpha value is -4.16. The molecule has 4 aromatic rings. The number of nitrogen functional groups attached to an aromatic ring is 3. The Kier molecular flexibility index (Phi) is 9.14. The summed E-state index contributed by atoms with van der Waals surface area (Å²) in [6, 6.07) is 18.6. The lowest BCUT2D eigenvalue weighted by atomic mass is 10.3. The van der Waals surface area contributed by atoms with Gasteiger partial charge in [0.2, 0.25) is 5.88 Å². The highest BCUT2D eigenvalue weighted by Gasteiger charge is 2.18. The van der Waals surface area contributed by atoms with Crippen molar-refractivity contribution in [3.63, 3.8) is 0 Å². The third-order valence-corrected chi connectivity index (χ3v) is 5.87. The van der Waals surface area contributed by atoms with Crippen LogP contribution < -0.4 is 21.9 Å². The fourth-order valence-corrected chi connectivity index (χ4v) is 3.56. The standard InChI is InChI=1S/C11H11N5.C11H13N3O3S.ClH/c12-10-7-6-9(11(13)14-10)16-15-8-4-2-1-3-5-8;1-7-8(2)13-17-11(7)14-18(15,16)10-5-3-9(12)4-6-10;/h1-7H,(H4,12,13,14);3-6,14H,12H2,1-2H3;1H. The van der Waals surface area contributed by atoms with Crippen LogP contribution in [-0.2, 0) is 10.0 Å². The van der Waals surface area contributed by atoms with Gasteiger partial charge in [0, 0.05) is 11.3 Å². The molecule has 0 fully saturated rings. The first-order valence-electron chi connectivity index (χ1n) is 9.96. The van der Waals surface area contributed by atoms with Crippen LogP contribution in [0.5, 0.6) is 0 Å². The number of rotatable bonds is 5. The molecule has 0 atom stereocenters. The first-order valence-corrected chi connectivity index (χ1v) is 11.4. The van der Waals surface area contributed by atoms with Crippen molar-refractivity contribution < 1.29 is 12.9 Å². The summed E-state index contributed by atoms with van der Waals surface area (Å²) in [5.41, 5.74) is 19.7. The van der Waals surface area contributed by atoms with Crippen LogP contribution in [0.4, 0.5) is 34.6 Å². The van der Waals surface area contributed by atoms with E-state index in [0.717, 1.165) is 5.69 Å². The van der Waals surface area contributed by atoms with Crippen LogP contribution in [-0.4, -0.2) is 18.6 Å². The fourth-order valence-electron chi connectivity index (χ4n) is 2.51. The van der Waals surface area contributed by atoms with Gasteiger partial charge >= 0.3 is 0 Å². The number of nitrogens with two attached hydrogens (primary N) is 3. The summed E-state index contributed by atoms with van der Waals surface area (Å²) in [5, 5.41) is 11.7. The molecule has 0 radical (unpaired) electrons. The number of anilines is 4. The zero-order chi connectivity index (χ0) is 24.7. The number of sulfonamides is 1. The highest BCUT2D eigenvalue weighted by molar-refractivity contribution is 7.92. The molecular formula is C22H25ClN8O3S. The quantitative estimate of drug-likeness (QED) is 0.215. The van der Waals surface area contributed by atoms with E-state index < -0.39 is 10.0 Å². The number of aryl methyl sites for hydroxylation is 1. The molecule has 35 heavy (non-hydrogen) atoms. The molecule has 0 aliphatic carbocycles. The van der Waals surface area contributed by atoms with E-state index >= 15 is 0 Å². The average molecular weight is 517 g/mol. The van der Waals surface area contributed by atoms with Gasteiger partial charge in [-0.3, -0.25) is 0 Å². The van der Waals surface area contributed by atoms with Crippen LogP contribution in [0.15, 0.2) is 86.4 Å². The van der Waals surface area contributed by atoms with Crippen LogP contribution in [0.1, 0.15) is 11.3 Å². The molecule has 0 unspecified atom stereocenters. The van der Waals surface area contributed by atoms with Crippen LogP contribution in [0.3, 0.4) is 0 Å². The molecule has 0 saturated heterocycles. The second-order valence-electron chi connectivity index (χ2n) is 7.07. The van der Waals surface area contributed by atoms with Gasteiger partial charge in [-0.05, 0) is 62.4 Å². The minimum Gasteiger partial charge on any atom is -0.399 e. The summed E-state index contributed by atoms with van der Waals surface area (Å²) in [7, 11) is -3.68. The summed E-state index contributed by atoms with van der Waals surface area (Å²) in [5.74, 6) is 0.778. The third kappa shape index (κ3) is 7.42. The van der Waals surface area contributed by atoms with Gasteiger partial charge in [-0.1, -0.05) is 23.4 Å². The number of hydrogen-bond donors (Lipinski definition) is 4. The predicted molar refractivity (Wildman–Crippen MR) is 139 cm³/mol. The van der Waals surface area contributed by atoms with Crippen molar-refractivity contribution in [2.75, 3.05) is 21.9 Å². The van der Waals surface area contributed by atoms with Crippen LogP contribution in [0.2, 0.25) is 0 Å². The maximum absolute atomic E-state index is 12.0. The molecule has 2 aromatic heterocycles. The molecule has 4 rings (SSSR count). The molecule has 184 valence electrons. The first-order chi connectivity index (χ1) is 16.2. The van der Waals surface area contributed by atoms with Crippen molar-refractivity contribution in [2.24, 2.45) is 10.2 Å². The lowest BCUT2D eigenvalue weighted by Gasteiger charge is -2.05. The molecule has 0 spiro atoms. The van der Waals surface area contributed by atoms with Crippen molar-refractivity contribution >= 4 is 57.0 Å². The second kappa shape index (κ2) is 11.8. The predicted octanol–water partition coefficient (Wildman–Crippen LogP) is 4.76. The molecule has 11 nitrogen and oxygen atoms in total. The van der Waals surface area contributed by atoms with Gasteiger partial charge in [0.15, 0.2) is 5.82 Å². The number of pyridine rings is 1. The van der Waals surface area contributed by atoms with Gasteiger partial charge in [0.25, 0.3) is 10.0 Å². The van der Waals surface area contributed by atoms with Crippen LogP contribution in [0.25, 0.3) is 0 Å². The number of hydrogen-bond acceptors (Lipinski definition) is 10. The van der Waals surface area contributed by atoms with Crippen LogP contribution >= 0.6 is 12.4 Å². The van der Waals surface area contributed by atoms with Gasteiger partial charge in [-0.15, -0.1) is 17.5 Å². The highest BCUT2D eigenvalue weighted by Crippen LogP contribution is 2.24. The average Bonchev–Trinajstić information content (AvgIpc) is 3.11. The van der Waals surface area contributed by atoms with E-state index in [9.17, 15) is 8.42 Å². The van der Waals surface area contributed by atoms with Gasteiger partial charge in [0.1, 0.15) is 11.5 Å². The summed E-state index contributed by atoms with van der Waals surface area (Å²) < 4.78 is 31.3. The number of nitrogens with zero attached hydrogens (tertiary/aromatic N) is 4. The van der Waals surface area contributed by atoms with E-state index in [1.54, 1.807) is 26.0 Å². The lowest BCUT2D eigenvalue weighted by Crippen LogP contribution is -2.13. The smallest absolute Gasteiger partial charge is 0.264 e. The van der Waals surface area contributed by atoms with Gasteiger partial charge in [0.05, 0.1) is 16.3 Å². The van der Waals surface area contributed by atoms with Crippen molar-refractivity contribution in [3.8, 4) is 0 Å². The Morgan fingerprint density at radius 2 is 1.54 bits per heavy atom.